The average molecular weight is 199 g/mol. The van der Waals surface area contributed by atoms with Crippen molar-refractivity contribution in [3.05, 3.63) is 18.2 Å². The zero-order valence-electron chi connectivity index (χ0n) is 9.73. The van der Waals surface area contributed by atoms with Gasteiger partial charge in [0.15, 0.2) is 0 Å². The van der Waals surface area contributed by atoms with Crippen molar-refractivity contribution in [2.45, 2.75) is 0 Å². The molecule has 76 valence electrons. The highest BCUT2D eigenvalue weighted by atomic mass is 15.1. The Labute approximate surface area is 94.5 Å². The molecule has 0 saturated carbocycles. The van der Waals surface area contributed by atoms with E-state index in [1.165, 1.54) is 0 Å². The molecule has 1 aromatic carbocycles. The molecule has 0 saturated heterocycles. The summed E-state index contributed by atoms with van der Waals surface area (Å²) in [5.74, 6) is 0. The molecule has 0 aromatic heterocycles. The maximum absolute atomic E-state index is 5.71. The van der Waals surface area contributed by atoms with Gasteiger partial charge in [0.05, 0.1) is 0 Å². The van der Waals surface area contributed by atoms with Crippen LogP contribution in [0.4, 0.5) is 17.1 Å². The fourth-order valence-corrected chi connectivity index (χ4v) is 1.25. The summed E-state index contributed by atoms with van der Waals surface area (Å²) in [7, 11) is 19.0. The first-order valence-electron chi connectivity index (χ1n) is 4.71. The third-order valence-corrected chi connectivity index (χ3v) is 2.22. The lowest BCUT2D eigenvalue weighted by Crippen LogP contribution is -2.17. The molecule has 3 nitrogen and oxygen atoms in total. The fourth-order valence-electron chi connectivity index (χ4n) is 1.25. The maximum atomic E-state index is 5.71. The Morgan fingerprint density at radius 1 is 0.733 bits per heavy atom. The van der Waals surface area contributed by atoms with Crippen molar-refractivity contribution >= 4 is 33.0 Å². The first-order chi connectivity index (χ1) is 6.91. The molecule has 0 atom stereocenters. The monoisotopic (exact) mass is 199 g/mol. The highest BCUT2D eigenvalue weighted by Gasteiger charge is 2.04. The minimum atomic E-state index is 0.925. The number of hydrogen-bond acceptors (Lipinski definition) is 3. The second kappa shape index (κ2) is 4.51. The zero-order valence-corrected chi connectivity index (χ0v) is 9.73. The molecule has 0 spiro atoms. The molecule has 0 aliphatic carbocycles. The van der Waals surface area contributed by atoms with Crippen LogP contribution in [0.1, 0.15) is 0 Å². The summed E-state index contributed by atoms with van der Waals surface area (Å²) >= 11 is 0. The topological polar surface area (TPSA) is 9.72 Å². The van der Waals surface area contributed by atoms with Crippen molar-refractivity contribution in [1.29, 1.82) is 0 Å². The molecule has 0 N–H and O–H groups in total. The van der Waals surface area contributed by atoms with Gasteiger partial charge in [-0.25, -0.2) is 0 Å². The van der Waals surface area contributed by atoms with Gasteiger partial charge in [-0.2, -0.15) is 0 Å². The summed E-state index contributed by atoms with van der Waals surface area (Å²) < 4.78 is 0. The quantitative estimate of drug-likeness (QED) is 0.666. The van der Waals surface area contributed by atoms with Crippen LogP contribution in [0.25, 0.3) is 0 Å². The van der Waals surface area contributed by atoms with Crippen molar-refractivity contribution in [2.75, 3.05) is 42.7 Å². The number of rotatable bonds is 3. The summed E-state index contributed by atoms with van der Waals surface area (Å²) in [6, 6.07) is 5.95. The lowest BCUT2D eigenvalue weighted by atomic mass is 10.1. The van der Waals surface area contributed by atoms with Gasteiger partial charge in [-0.15, -0.1) is 0 Å². The summed E-state index contributed by atoms with van der Waals surface area (Å²) in [6.45, 7) is 0. The zero-order chi connectivity index (χ0) is 11.6. The summed E-state index contributed by atoms with van der Waals surface area (Å²) in [4.78, 5) is 5.15. The minimum Gasteiger partial charge on any atom is -0.427 e. The van der Waals surface area contributed by atoms with Crippen LogP contribution in [0.15, 0.2) is 18.2 Å². The van der Waals surface area contributed by atoms with E-state index in [2.05, 4.69) is 0 Å². The molecule has 1 rings (SSSR count). The Kier molecular flexibility index (Phi) is 3.56. The molecular formula is C10H15B2N3. The van der Waals surface area contributed by atoms with E-state index in [0.717, 1.165) is 17.1 Å². The van der Waals surface area contributed by atoms with Crippen LogP contribution in [0, 0.1) is 0 Å². The van der Waals surface area contributed by atoms with E-state index in [-0.39, 0.29) is 0 Å². The van der Waals surface area contributed by atoms with Crippen LogP contribution in [0.3, 0.4) is 0 Å². The van der Waals surface area contributed by atoms with Gasteiger partial charge in [0.1, 0.15) is 0 Å². The largest absolute Gasteiger partial charge is 0.427 e. The number of benzene rings is 1. The van der Waals surface area contributed by atoms with Gasteiger partial charge >= 0.3 is 0 Å². The van der Waals surface area contributed by atoms with Crippen molar-refractivity contribution in [3.63, 3.8) is 0 Å². The van der Waals surface area contributed by atoms with Gasteiger partial charge < -0.3 is 14.5 Å². The van der Waals surface area contributed by atoms with E-state index in [1.54, 1.807) is 23.7 Å². The number of nitrogens with zero attached hydrogens (tertiary/aromatic N) is 3. The van der Waals surface area contributed by atoms with E-state index < -0.39 is 0 Å². The molecule has 0 amide bonds. The number of anilines is 3. The maximum Gasteiger partial charge on any atom is 0.226 e. The predicted octanol–water partition coefficient (Wildman–Crippen LogP) is 0.792. The molecule has 0 aliphatic rings. The molecular weight excluding hydrogens is 184 g/mol. The van der Waals surface area contributed by atoms with E-state index in [4.69, 9.17) is 16.0 Å². The van der Waals surface area contributed by atoms with Crippen LogP contribution in [-0.2, 0) is 0 Å². The molecule has 5 heteroatoms. The molecule has 0 unspecified atom stereocenters. The first kappa shape index (κ1) is 11.8. The molecule has 0 bridgehead atoms. The Morgan fingerprint density at radius 3 is 1.33 bits per heavy atom. The second-order valence-electron chi connectivity index (χ2n) is 3.82. The van der Waals surface area contributed by atoms with Crippen molar-refractivity contribution < 1.29 is 0 Å². The Balaban J connectivity index is 3.20. The van der Waals surface area contributed by atoms with Crippen molar-refractivity contribution in [1.82, 2.24) is 0 Å². The van der Waals surface area contributed by atoms with Crippen molar-refractivity contribution in [2.24, 2.45) is 0 Å². The summed E-state index contributed by atoms with van der Waals surface area (Å²) in [5, 5.41) is 0. The lowest BCUT2D eigenvalue weighted by Gasteiger charge is -2.23. The van der Waals surface area contributed by atoms with Crippen molar-refractivity contribution in [3.8, 4) is 0 Å². The lowest BCUT2D eigenvalue weighted by molar-refractivity contribution is 1.13. The van der Waals surface area contributed by atoms with Gasteiger partial charge in [-0.1, -0.05) is 0 Å². The molecule has 15 heavy (non-hydrogen) atoms. The Bertz CT molecular complexity index is 273. The van der Waals surface area contributed by atoms with Gasteiger partial charge in [-0.3, -0.25) is 0 Å². The standard InChI is InChI=1S/C10H15B2N3/c1-13(2)8-5-9(14(3)11)7-10(6-8)15(4)12/h5-7H,1-4H3. The van der Waals surface area contributed by atoms with E-state index in [1.807, 2.05) is 37.2 Å². The van der Waals surface area contributed by atoms with Crippen LogP contribution in [-0.4, -0.2) is 44.2 Å². The van der Waals surface area contributed by atoms with Gasteiger partial charge in [0.25, 0.3) is 0 Å². The smallest absolute Gasteiger partial charge is 0.226 e. The molecule has 0 heterocycles. The number of hydrogen-bond donors (Lipinski definition) is 0. The van der Waals surface area contributed by atoms with Crippen LogP contribution in [0.2, 0.25) is 0 Å². The van der Waals surface area contributed by atoms with Gasteiger partial charge in [0.2, 0.25) is 16.0 Å². The Morgan fingerprint density at radius 2 is 1.07 bits per heavy atom. The first-order valence-corrected chi connectivity index (χ1v) is 4.71. The highest BCUT2D eigenvalue weighted by molar-refractivity contribution is 6.19. The second-order valence-corrected chi connectivity index (χ2v) is 3.82. The SMILES string of the molecule is [B]N(C)c1cc(N([B])C)cc(N(C)C)c1. The molecule has 4 radical (unpaired) electrons. The third kappa shape index (κ3) is 2.85. The van der Waals surface area contributed by atoms with E-state index in [9.17, 15) is 0 Å². The minimum absolute atomic E-state index is 0.925. The predicted molar refractivity (Wildman–Crippen MR) is 69.1 cm³/mol. The molecule has 0 fully saturated rings. The summed E-state index contributed by atoms with van der Waals surface area (Å²) in [6.07, 6.45) is 0. The average Bonchev–Trinajstić information content (AvgIpc) is 2.16. The van der Waals surface area contributed by atoms with Gasteiger partial charge in [0, 0.05) is 31.2 Å². The molecule has 1 aromatic rings. The van der Waals surface area contributed by atoms with Crippen LogP contribution >= 0.6 is 0 Å². The highest BCUT2D eigenvalue weighted by Crippen LogP contribution is 2.26. The van der Waals surface area contributed by atoms with E-state index in [0.29, 0.717) is 0 Å². The molecule has 0 aliphatic heterocycles. The fraction of sp³-hybridized carbons (Fsp3) is 0.400. The van der Waals surface area contributed by atoms with Crippen LogP contribution < -0.4 is 14.5 Å². The Hall–Kier alpha value is -1.25. The third-order valence-electron chi connectivity index (χ3n) is 2.22. The summed E-state index contributed by atoms with van der Waals surface area (Å²) in [5.41, 5.74) is 2.92. The van der Waals surface area contributed by atoms with Crippen LogP contribution in [0.5, 0.6) is 0 Å². The van der Waals surface area contributed by atoms with Gasteiger partial charge in [-0.05, 0) is 32.3 Å². The van der Waals surface area contributed by atoms with E-state index >= 15 is 0 Å². The normalized spacial score (nSPS) is 9.87.